The Morgan fingerprint density at radius 3 is 2.84 bits per heavy atom. The standard InChI is InChI=1S/C15H16FNO2/c16-11-2-1-3-13(8-11)18-10-15-7-6-14(19-15)9-17-12-4-5-12/h1-3,6-8,12,17H,4-5,9-10H2. The average molecular weight is 261 g/mol. The molecule has 1 N–H and O–H groups in total. The van der Waals surface area contributed by atoms with Crippen LogP contribution in [0, 0.1) is 5.82 Å². The van der Waals surface area contributed by atoms with Crippen molar-refractivity contribution in [2.24, 2.45) is 0 Å². The number of hydrogen-bond acceptors (Lipinski definition) is 3. The van der Waals surface area contributed by atoms with Gasteiger partial charge in [0.15, 0.2) is 0 Å². The fourth-order valence-corrected chi connectivity index (χ4v) is 1.84. The van der Waals surface area contributed by atoms with Gasteiger partial charge in [0.1, 0.15) is 29.7 Å². The molecule has 100 valence electrons. The summed E-state index contributed by atoms with van der Waals surface area (Å²) in [5.41, 5.74) is 0. The summed E-state index contributed by atoms with van der Waals surface area (Å²) in [6.45, 7) is 1.07. The molecule has 1 aliphatic rings. The Labute approximate surface area is 111 Å². The molecule has 1 aromatic carbocycles. The SMILES string of the molecule is Fc1cccc(OCc2ccc(CNC3CC3)o2)c1. The lowest BCUT2D eigenvalue weighted by molar-refractivity contribution is 0.264. The minimum atomic E-state index is -0.300. The van der Waals surface area contributed by atoms with E-state index in [-0.39, 0.29) is 5.82 Å². The van der Waals surface area contributed by atoms with Crippen molar-refractivity contribution in [2.45, 2.75) is 32.0 Å². The predicted octanol–water partition coefficient (Wildman–Crippen LogP) is 3.25. The molecule has 1 aromatic heterocycles. The molecule has 0 spiro atoms. The van der Waals surface area contributed by atoms with Crippen molar-refractivity contribution in [3.63, 3.8) is 0 Å². The summed E-state index contributed by atoms with van der Waals surface area (Å²) in [7, 11) is 0. The highest BCUT2D eigenvalue weighted by atomic mass is 19.1. The molecule has 0 atom stereocenters. The molecule has 3 rings (SSSR count). The maximum Gasteiger partial charge on any atom is 0.146 e. The first-order valence-electron chi connectivity index (χ1n) is 6.49. The molecular weight excluding hydrogens is 245 g/mol. The molecule has 1 aliphatic carbocycles. The van der Waals surface area contributed by atoms with Crippen LogP contribution >= 0.6 is 0 Å². The minimum absolute atomic E-state index is 0.300. The Hall–Kier alpha value is -1.81. The molecule has 1 fully saturated rings. The summed E-state index contributed by atoms with van der Waals surface area (Å²) < 4.78 is 24.1. The van der Waals surface area contributed by atoms with Gasteiger partial charge in [0.2, 0.25) is 0 Å². The highest BCUT2D eigenvalue weighted by Gasteiger charge is 2.20. The van der Waals surface area contributed by atoms with Crippen molar-refractivity contribution in [1.82, 2.24) is 5.32 Å². The third kappa shape index (κ3) is 3.58. The van der Waals surface area contributed by atoms with Crippen molar-refractivity contribution in [3.8, 4) is 5.75 Å². The molecule has 0 saturated heterocycles. The average Bonchev–Trinajstić information content (AvgIpc) is 3.13. The Morgan fingerprint density at radius 2 is 2.05 bits per heavy atom. The predicted molar refractivity (Wildman–Crippen MR) is 69.3 cm³/mol. The molecule has 2 aromatic rings. The second-order valence-corrected chi connectivity index (χ2v) is 4.77. The van der Waals surface area contributed by atoms with E-state index in [0.717, 1.165) is 18.1 Å². The lowest BCUT2D eigenvalue weighted by atomic mass is 10.3. The summed E-state index contributed by atoms with van der Waals surface area (Å²) in [6, 6.07) is 10.6. The van der Waals surface area contributed by atoms with Crippen LogP contribution in [-0.4, -0.2) is 6.04 Å². The van der Waals surface area contributed by atoms with Gasteiger partial charge in [0.05, 0.1) is 6.54 Å². The van der Waals surface area contributed by atoms with Gasteiger partial charge in [-0.25, -0.2) is 4.39 Å². The fourth-order valence-electron chi connectivity index (χ4n) is 1.84. The number of halogens is 1. The third-order valence-electron chi connectivity index (χ3n) is 3.04. The highest BCUT2D eigenvalue weighted by molar-refractivity contribution is 5.22. The number of rotatable bonds is 6. The Morgan fingerprint density at radius 1 is 1.21 bits per heavy atom. The van der Waals surface area contributed by atoms with Crippen LogP contribution in [0.2, 0.25) is 0 Å². The summed E-state index contributed by atoms with van der Waals surface area (Å²) in [4.78, 5) is 0. The molecule has 0 amide bonds. The minimum Gasteiger partial charge on any atom is -0.486 e. The Bertz CT molecular complexity index is 549. The van der Waals surface area contributed by atoms with E-state index in [4.69, 9.17) is 9.15 Å². The van der Waals surface area contributed by atoms with Gasteiger partial charge in [-0.2, -0.15) is 0 Å². The Kier molecular flexibility index (Phi) is 3.51. The lowest BCUT2D eigenvalue weighted by Crippen LogP contribution is -2.14. The van der Waals surface area contributed by atoms with E-state index in [9.17, 15) is 4.39 Å². The molecule has 0 radical (unpaired) electrons. The van der Waals surface area contributed by atoms with E-state index in [1.54, 1.807) is 12.1 Å². The number of nitrogens with one attached hydrogen (secondary N) is 1. The van der Waals surface area contributed by atoms with Gasteiger partial charge < -0.3 is 14.5 Å². The van der Waals surface area contributed by atoms with Crippen LogP contribution in [0.1, 0.15) is 24.4 Å². The van der Waals surface area contributed by atoms with E-state index in [2.05, 4.69) is 5.32 Å². The number of furan rings is 1. The lowest BCUT2D eigenvalue weighted by Gasteiger charge is -2.04. The first-order valence-corrected chi connectivity index (χ1v) is 6.49. The molecule has 0 unspecified atom stereocenters. The van der Waals surface area contributed by atoms with Crippen molar-refractivity contribution >= 4 is 0 Å². The van der Waals surface area contributed by atoms with Gasteiger partial charge in [0.25, 0.3) is 0 Å². The van der Waals surface area contributed by atoms with Crippen molar-refractivity contribution in [2.75, 3.05) is 0 Å². The van der Waals surface area contributed by atoms with Gasteiger partial charge in [-0.15, -0.1) is 0 Å². The summed E-state index contributed by atoms with van der Waals surface area (Å²) >= 11 is 0. The highest BCUT2D eigenvalue weighted by Crippen LogP contribution is 2.20. The van der Waals surface area contributed by atoms with E-state index < -0.39 is 0 Å². The Balaban J connectivity index is 1.51. The molecule has 19 heavy (non-hydrogen) atoms. The van der Waals surface area contributed by atoms with Crippen LogP contribution in [-0.2, 0) is 13.2 Å². The molecular formula is C15H16FNO2. The van der Waals surface area contributed by atoms with Gasteiger partial charge >= 0.3 is 0 Å². The number of hydrogen-bond donors (Lipinski definition) is 1. The van der Waals surface area contributed by atoms with Crippen LogP contribution in [0.15, 0.2) is 40.8 Å². The normalized spacial score (nSPS) is 14.6. The smallest absolute Gasteiger partial charge is 0.146 e. The topological polar surface area (TPSA) is 34.4 Å². The molecule has 4 heteroatoms. The second kappa shape index (κ2) is 5.45. The summed E-state index contributed by atoms with van der Waals surface area (Å²) in [5.74, 6) is 1.86. The number of ether oxygens (including phenoxy) is 1. The van der Waals surface area contributed by atoms with E-state index in [1.165, 1.54) is 25.0 Å². The van der Waals surface area contributed by atoms with Crippen molar-refractivity contribution < 1.29 is 13.5 Å². The molecule has 1 heterocycles. The van der Waals surface area contributed by atoms with Crippen LogP contribution in [0.4, 0.5) is 4.39 Å². The summed E-state index contributed by atoms with van der Waals surface area (Å²) in [5, 5.41) is 3.38. The third-order valence-corrected chi connectivity index (χ3v) is 3.04. The van der Waals surface area contributed by atoms with Gasteiger partial charge in [-0.1, -0.05) is 6.07 Å². The monoisotopic (exact) mass is 261 g/mol. The first kappa shape index (κ1) is 12.2. The van der Waals surface area contributed by atoms with Crippen LogP contribution < -0.4 is 10.1 Å². The van der Waals surface area contributed by atoms with Gasteiger partial charge in [-0.05, 0) is 37.1 Å². The van der Waals surface area contributed by atoms with Crippen LogP contribution in [0.25, 0.3) is 0 Å². The largest absolute Gasteiger partial charge is 0.486 e. The maximum atomic E-state index is 13.0. The van der Waals surface area contributed by atoms with E-state index >= 15 is 0 Å². The van der Waals surface area contributed by atoms with Crippen LogP contribution in [0.3, 0.4) is 0 Å². The van der Waals surface area contributed by atoms with Crippen molar-refractivity contribution in [1.29, 1.82) is 0 Å². The number of benzene rings is 1. The molecule has 1 saturated carbocycles. The zero-order valence-electron chi connectivity index (χ0n) is 10.6. The van der Waals surface area contributed by atoms with E-state index in [0.29, 0.717) is 18.4 Å². The zero-order chi connectivity index (χ0) is 13.1. The first-order chi connectivity index (χ1) is 9.29. The van der Waals surface area contributed by atoms with Gasteiger partial charge in [0, 0.05) is 12.1 Å². The molecule has 0 aliphatic heterocycles. The fraction of sp³-hybridized carbons (Fsp3) is 0.333. The van der Waals surface area contributed by atoms with Crippen LogP contribution in [0.5, 0.6) is 5.75 Å². The second-order valence-electron chi connectivity index (χ2n) is 4.77. The molecule has 0 bridgehead atoms. The molecule has 3 nitrogen and oxygen atoms in total. The zero-order valence-corrected chi connectivity index (χ0v) is 10.6. The van der Waals surface area contributed by atoms with Crippen molar-refractivity contribution in [3.05, 3.63) is 53.7 Å². The maximum absolute atomic E-state index is 13.0. The summed E-state index contributed by atoms with van der Waals surface area (Å²) in [6.07, 6.45) is 2.52. The van der Waals surface area contributed by atoms with Gasteiger partial charge in [-0.3, -0.25) is 0 Å². The quantitative estimate of drug-likeness (QED) is 0.866. The van der Waals surface area contributed by atoms with E-state index in [1.807, 2.05) is 12.1 Å².